The maximum absolute atomic E-state index is 12.3. The van der Waals surface area contributed by atoms with E-state index >= 15 is 0 Å². The lowest BCUT2D eigenvalue weighted by atomic mass is 9.88. The molecule has 1 aromatic heterocycles. The highest BCUT2D eigenvalue weighted by Crippen LogP contribution is 2.32. The van der Waals surface area contributed by atoms with Gasteiger partial charge in [0.1, 0.15) is 0 Å². The molecule has 0 saturated heterocycles. The Morgan fingerprint density at radius 1 is 1.14 bits per heavy atom. The Kier molecular flexibility index (Phi) is 4.24. The average molecular weight is 314 g/mol. The third kappa shape index (κ3) is 3.04. The highest BCUT2D eigenvalue weighted by Gasteiger charge is 2.23. The fourth-order valence-electron chi connectivity index (χ4n) is 2.71. The van der Waals surface area contributed by atoms with Crippen molar-refractivity contribution in [1.29, 1.82) is 0 Å². The number of hydrogen-bond acceptors (Lipinski definition) is 3. The van der Waals surface area contributed by atoms with E-state index < -0.39 is 0 Å². The summed E-state index contributed by atoms with van der Waals surface area (Å²) in [5.41, 5.74) is 7.34. The van der Waals surface area contributed by atoms with Crippen molar-refractivity contribution in [3.63, 3.8) is 0 Å². The molecule has 2 amide bonds. The first kappa shape index (κ1) is 14.8. The molecule has 22 heavy (non-hydrogen) atoms. The largest absolute Gasteiger partial charge is 0.270 e. The molecule has 0 fully saturated rings. The molecule has 0 bridgehead atoms. The fourth-order valence-corrected chi connectivity index (χ4v) is 3.95. The molecule has 1 atom stereocenters. The normalized spacial score (nSPS) is 16.7. The van der Waals surface area contributed by atoms with Crippen LogP contribution >= 0.6 is 11.3 Å². The first-order chi connectivity index (χ1) is 10.6. The van der Waals surface area contributed by atoms with Crippen molar-refractivity contribution in [2.75, 3.05) is 0 Å². The Hall–Kier alpha value is -2.14. The summed E-state index contributed by atoms with van der Waals surface area (Å²) in [5, 5.41) is 1.90. The van der Waals surface area contributed by atoms with E-state index in [1.807, 2.05) is 11.4 Å². The molecule has 1 aliphatic rings. The number of amides is 2. The quantitative estimate of drug-likeness (QED) is 0.837. The maximum atomic E-state index is 12.3. The van der Waals surface area contributed by atoms with Gasteiger partial charge in [0.15, 0.2) is 0 Å². The molecule has 0 saturated carbocycles. The van der Waals surface area contributed by atoms with Gasteiger partial charge in [0, 0.05) is 15.8 Å². The molecule has 3 rings (SSSR count). The van der Waals surface area contributed by atoms with Crippen molar-refractivity contribution in [3.8, 4) is 0 Å². The molecule has 0 radical (unpaired) electrons. The van der Waals surface area contributed by atoms with Crippen molar-refractivity contribution >= 4 is 23.2 Å². The Bertz CT molecular complexity index is 694. The van der Waals surface area contributed by atoms with Crippen LogP contribution in [0.3, 0.4) is 0 Å². The van der Waals surface area contributed by atoms with Gasteiger partial charge in [-0.25, -0.2) is 0 Å². The van der Waals surface area contributed by atoms with Crippen LogP contribution in [0.4, 0.5) is 0 Å². The average Bonchev–Trinajstić information content (AvgIpc) is 2.96. The third-order valence-corrected chi connectivity index (χ3v) is 5.02. The zero-order valence-corrected chi connectivity index (χ0v) is 13.2. The van der Waals surface area contributed by atoms with Crippen LogP contribution in [0.1, 0.15) is 44.5 Å². The molecule has 2 aromatic rings. The molecule has 5 heteroatoms. The molecule has 1 unspecified atom stereocenters. The maximum Gasteiger partial charge on any atom is 0.270 e. The van der Waals surface area contributed by atoms with Gasteiger partial charge in [0.25, 0.3) is 11.8 Å². The van der Waals surface area contributed by atoms with Gasteiger partial charge < -0.3 is 0 Å². The number of nitrogens with one attached hydrogen (secondary N) is 2. The van der Waals surface area contributed by atoms with Crippen molar-refractivity contribution in [2.24, 2.45) is 5.92 Å². The summed E-state index contributed by atoms with van der Waals surface area (Å²) in [6.45, 7) is 2.24. The van der Waals surface area contributed by atoms with E-state index in [1.54, 1.807) is 35.6 Å². The van der Waals surface area contributed by atoms with Crippen LogP contribution in [-0.2, 0) is 12.8 Å². The highest BCUT2D eigenvalue weighted by atomic mass is 32.1. The lowest BCUT2D eigenvalue weighted by molar-refractivity contribution is 0.0846. The number of hydrazine groups is 1. The predicted molar refractivity (Wildman–Crippen MR) is 86.9 cm³/mol. The smallest absolute Gasteiger partial charge is 0.267 e. The molecule has 114 valence electrons. The molecule has 1 aliphatic carbocycles. The number of fused-ring (bicyclic) bond motifs is 1. The molecule has 0 spiro atoms. The molecular weight excluding hydrogens is 296 g/mol. The third-order valence-electron chi connectivity index (χ3n) is 3.97. The molecule has 1 heterocycles. The molecule has 1 aromatic carbocycles. The van der Waals surface area contributed by atoms with Crippen molar-refractivity contribution in [3.05, 3.63) is 57.3 Å². The van der Waals surface area contributed by atoms with E-state index in [0.29, 0.717) is 17.0 Å². The van der Waals surface area contributed by atoms with Gasteiger partial charge in [-0.15, -0.1) is 11.3 Å². The van der Waals surface area contributed by atoms with E-state index in [9.17, 15) is 9.59 Å². The highest BCUT2D eigenvalue weighted by molar-refractivity contribution is 7.10. The summed E-state index contributed by atoms with van der Waals surface area (Å²) >= 11 is 1.64. The summed E-state index contributed by atoms with van der Waals surface area (Å²) in [6.07, 6.45) is 3.10. The number of benzene rings is 1. The van der Waals surface area contributed by atoms with E-state index in [1.165, 1.54) is 4.88 Å². The predicted octanol–water partition coefficient (Wildman–Crippen LogP) is 2.95. The second kappa shape index (κ2) is 6.32. The van der Waals surface area contributed by atoms with E-state index in [-0.39, 0.29) is 11.8 Å². The summed E-state index contributed by atoms with van der Waals surface area (Å²) < 4.78 is 0. The van der Waals surface area contributed by atoms with Gasteiger partial charge in [-0.1, -0.05) is 25.1 Å². The van der Waals surface area contributed by atoms with Crippen molar-refractivity contribution < 1.29 is 9.59 Å². The Labute approximate surface area is 133 Å². The van der Waals surface area contributed by atoms with Crippen LogP contribution in [0.2, 0.25) is 0 Å². The number of thiophene rings is 1. The lowest BCUT2D eigenvalue weighted by Crippen LogP contribution is -2.41. The Morgan fingerprint density at radius 3 is 2.64 bits per heavy atom. The fraction of sp³-hybridized carbons (Fsp3) is 0.294. The number of carbonyl (C=O) groups is 2. The lowest BCUT2D eigenvalue weighted by Gasteiger charge is -2.18. The zero-order chi connectivity index (χ0) is 15.5. The minimum absolute atomic E-state index is 0.240. The Balaban J connectivity index is 1.65. The number of rotatable bonds is 2. The van der Waals surface area contributed by atoms with Crippen LogP contribution in [-0.4, -0.2) is 11.8 Å². The molecule has 0 aliphatic heterocycles. The number of hydrogen-bond donors (Lipinski definition) is 2. The van der Waals surface area contributed by atoms with Gasteiger partial charge in [-0.05, 0) is 42.9 Å². The topological polar surface area (TPSA) is 58.2 Å². The minimum atomic E-state index is -0.313. The van der Waals surface area contributed by atoms with Gasteiger partial charge >= 0.3 is 0 Å². The monoisotopic (exact) mass is 314 g/mol. The summed E-state index contributed by atoms with van der Waals surface area (Å²) in [6, 6.07) is 8.82. The van der Waals surface area contributed by atoms with E-state index in [0.717, 1.165) is 24.8 Å². The second-order valence-electron chi connectivity index (χ2n) is 5.67. The van der Waals surface area contributed by atoms with Crippen LogP contribution in [0.25, 0.3) is 0 Å². The zero-order valence-electron chi connectivity index (χ0n) is 12.4. The Morgan fingerprint density at radius 2 is 1.86 bits per heavy atom. The van der Waals surface area contributed by atoms with Crippen LogP contribution in [0.15, 0.2) is 35.7 Å². The summed E-state index contributed by atoms with van der Waals surface area (Å²) in [5.74, 6) is 0.128. The van der Waals surface area contributed by atoms with E-state index in [2.05, 4.69) is 17.8 Å². The van der Waals surface area contributed by atoms with Gasteiger partial charge in [-0.2, -0.15) is 0 Å². The molecule has 4 nitrogen and oxygen atoms in total. The van der Waals surface area contributed by atoms with Gasteiger partial charge in [-0.3, -0.25) is 20.4 Å². The van der Waals surface area contributed by atoms with Crippen molar-refractivity contribution in [2.45, 2.75) is 26.2 Å². The summed E-state index contributed by atoms with van der Waals surface area (Å²) in [4.78, 5) is 25.5. The van der Waals surface area contributed by atoms with Crippen LogP contribution in [0, 0.1) is 5.92 Å². The number of carbonyl (C=O) groups excluding carboxylic acids is 2. The first-order valence-electron chi connectivity index (χ1n) is 7.40. The summed E-state index contributed by atoms with van der Waals surface area (Å²) in [7, 11) is 0. The minimum Gasteiger partial charge on any atom is -0.267 e. The molecule has 2 N–H and O–H groups in total. The standard InChI is InChI=1S/C17H18N2O2S/c1-11-7-8-13-14(10-22-15(13)9-11)17(21)19-18-16(20)12-5-3-2-4-6-12/h2-6,10-11H,7-9H2,1H3,(H,18,20)(H,19,21). The van der Waals surface area contributed by atoms with Crippen LogP contribution < -0.4 is 10.9 Å². The van der Waals surface area contributed by atoms with Crippen LogP contribution in [0.5, 0.6) is 0 Å². The molecular formula is C17H18N2O2S. The second-order valence-corrected chi connectivity index (χ2v) is 6.64. The SMILES string of the molecule is CC1CCc2c(C(=O)NNC(=O)c3ccccc3)csc2C1. The van der Waals surface area contributed by atoms with Gasteiger partial charge in [0.2, 0.25) is 0 Å². The van der Waals surface area contributed by atoms with Gasteiger partial charge in [0.05, 0.1) is 5.56 Å². The van der Waals surface area contributed by atoms with Crippen molar-refractivity contribution in [1.82, 2.24) is 10.9 Å². The first-order valence-corrected chi connectivity index (χ1v) is 8.28. The van der Waals surface area contributed by atoms with E-state index in [4.69, 9.17) is 0 Å².